The quantitative estimate of drug-likeness (QED) is 0.927. The topological polar surface area (TPSA) is 32.5 Å². The number of likely N-dealkylation sites (N-methyl/N-ethyl adjacent to an activating group) is 1. The number of nitrogens with two attached hydrogens (primary N) is 1. The number of hydrogen-bond donors (Lipinski definition) is 1. The highest BCUT2D eigenvalue weighted by Crippen LogP contribution is 2.30. The van der Waals surface area contributed by atoms with Crippen LogP contribution in [0.1, 0.15) is 32.8 Å². The summed E-state index contributed by atoms with van der Waals surface area (Å²) >= 11 is 6.24. The van der Waals surface area contributed by atoms with E-state index in [4.69, 9.17) is 17.3 Å². The first-order valence-electron chi connectivity index (χ1n) is 7.83. The van der Waals surface area contributed by atoms with Gasteiger partial charge in [-0.1, -0.05) is 24.6 Å². The zero-order valence-electron chi connectivity index (χ0n) is 13.7. The van der Waals surface area contributed by atoms with E-state index in [2.05, 4.69) is 49.8 Å². The van der Waals surface area contributed by atoms with Crippen molar-refractivity contribution in [1.82, 2.24) is 4.90 Å². The van der Waals surface area contributed by atoms with Crippen molar-refractivity contribution in [3.05, 3.63) is 28.8 Å². The Balaban J connectivity index is 2.27. The van der Waals surface area contributed by atoms with Crippen LogP contribution in [-0.4, -0.2) is 43.2 Å². The van der Waals surface area contributed by atoms with Gasteiger partial charge in [-0.25, -0.2) is 0 Å². The molecule has 1 unspecified atom stereocenters. The smallest absolute Gasteiger partial charge is 0.0426 e. The molecule has 1 aromatic rings. The van der Waals surface area contributed by atoms with Crippen LogP contribution < -0.4 is 10.6 Å². The molecule has 1 aromatic carbocycles. The maximum absolute atomic E-state index is 6.24. The van der Waals surface area contributed by atoms with E-state index in [0.29, 0.717) is 0 Å². The van der Waals surface area contributed by atoms with Crippen LogP contribution >= 0.6 is 11.6 Å². The molecule has 2 rings (SSSR count). The van der Waals surface area contributed by atoms with Crippen molar-refractivity contribution in [2.75, 3.05) is 31.6 Å². The summed E-state index contributed by atoms with van der Waals surface area (Å²) in [4.78, 5) is 4.88. The van der Waals surface area contributed by atoms with Gasteiger partial charge in [-0.15, -0.1) is 0 Å². The van der Waals surface area contributed by atoms with Gasteiger partial charge in [-0.3, -0.25) is 4.90 Å². The van der Waals surface area contributed by atoms with Crippen LogP contribution in [0.2, 0.25) is 5.02 Å². The molecular formula is C17H28ClN3. The van der Waals surface area contributed by atoms with Gasteiger partial charge >= 0.3 is 0 Å². The molecule has 1 atom stereocenters. The van der Waals surface area contributed by atoms with E-state index in [0.717, 1.165) is 37.5 Å². The molecular weight excluding hydrogens is 282 g/mol. The van der Waals surface area contributed by atoms with Gasteiger partial charge < -0.3 is 10.6 Å². The van der Waals surface area contributed by atoms with Crippen LogP contribution in [-0.2, 0) is 6.42 Å². The Morgan fingerprint density at radius 2 is 2.05 bits per heavy atom. The molecule has 4 heteroatoms. The fraction of sp³-hybridized carbons (Fsp3) is 0.647. The second-order valence-electron chi connectivity index (χ2n) is 6.80. The van der Waals surface area contributed by atoms with Gasteiger partial charge in [0.05, 0.1) is 0 Å². The lowest BCUT2D eigenvalue weighted by Crippen LogP contribution is -2.57. The summed E-state index contributed by atoms with van der Waals surface area (Å²) in [7, 11) is 2.20. The first-order chi connectivity index (χ1) is 9.83. The van der Waals surface area contributed by atoms with Crippen molar-refractivity contribution in [2.24, 2.45) is 5.73 Å². The number of halogens is 1. The van der Waals surface area contributed by atoms with Crippen LogP contribution in [0.3, 0.4) is 0 Å². The largest absolute Gasteiger partial charge is 0.368 e. The number of rotatable bonds is 4. The fourth-order valence-electron chi connectivity index (χ4n) is 2.88. The maximum Gasteiger partial charge on any atom is 0.0426 e. The summed E-state index contributed by atoms with van der Waals surface area (Å²) in [5.74, 6) is 0. The molecule has 0 saturated carbocycles. The third-order valence-corrected chi connectivity index (χ3v) is 4.95. The minimum Gasteiger partial charge on any atom is -0.368 e. The summed E-state index contributed by atoms with van der Waals surface area (Å²) in [5, 5.41) is 0.801. The van der Waals surface area contributed by atoms with E-state index in [9.17, 15) is 0 Å². The van der Waals surface area contributed by atoms with Gasteiger partial charge in [0.2, 0.25) is 0 Å². The van der Waals surface area contributed by atoms with E-state index in [1.165, 1.54) is 11.3 Å². The number of anilines is 1. The molecule has 1 saturated heterocycles. The van der Waals surface area contributed by atoms with Crippen molar-refractivity contribution < 1.29 is 0 Å². The fourth-order valence-corrected chi connectivity index (χ4v) is 3.04. The molecule has 0 radical (unpaired) electrons. The average molecular weight is 310 g/mol. The van der Waals surface area contributed by atoms with Crippen molar-refractivity contribution in [1.29, 1.82) is 0 Å². The van der Waals surface area contributed by atoms with Crippen molar-refractivity contribution in [3.8, 4) is 0 Å². The zero-order valence-corrected chi connectivity index (χ0v) is 14.5. The number of benzene rings is 1. The first-order valence-corrected chi connectivity index (χ1v) is 8.21. The van der Waals surface area contributed by atoms with Crippen LogP contribution in [0.5, 0.6) is 0 Å². The Hall–Kier alpha value is -0.770. The van der Waals surface area contributed by atoms with Gasteiger partial charge in [0.15, 0.2) is 0 Å². The van der Waals surface area contributed by atoms with E-state index < -0.39 is 0 Å². The second kappa shape index (κ2) is 6.55. The van der Waals surface area contributed by atoms with Gasteiger partial charge in [-0.05, 0) is 51.4 Å². The predicted molar refractivity (Wildman–Crippen MR) is 92.3 cm³/mol. The van der Waals surface area contributed by atoms with E-state index >= 15 is 0 Å². The molecule has 2 N–H and O–H groups in total. The van der Waals surface area contributed by atoms with Crippen LogP contribution in [0.15, 0.2) is 18.2 Å². The van der Waals surface area contributed by atoms with Crippen molar-refractivity contribution in [3.63, 3.8) is 0 Å². The normalized spacial score (nSPS) is 20.6. The minimum atomic E-state index is 0.171. The average Bonchev–Trinajstić information content (AvgIpc) is 2.43. The minimum absolute atomic E-state index is 0.171. The number of piperazine rings is 1. The lowest BCUT2D eigenvalue weighted by molar-refractivity contribution is 0.139. The number of hydrogen-bond acceptors (Lipinski definition) is 3. The highest BCUT2D eigenvalue weighted by atomic mass is 35.5. The van der Waals surface area contributed by atoms with Crippen LogP contribution in [0.25, 0.3) is 0 Å². The molecule has 3 nitrogen and oxygen atoms in total. The Bertz CT molecular complexity index is 487. The molecule has 1 aliphatic rings. The monoisotopic (exact) mass is 309 g/mol. The zero-order chi connectivity index (χ0) is 15.6. The number of nitrogens with zero attached hydrogens (tertiary/aromatic N) is 2. The highest BCUT2D eigenvalue weighted by Gasteiger charge is 2.31. The third-order valence-electron chi connectivity index (χ3n) is 4.71. The van der Waals surface area contributed by atoms with Crippen LogP contribution in [0.4, 0.5) is 5.69 Å². The van der Waals surface area contributed by atoms with E-state index in [-0.39, 0.29) is 11.6 Å². The van der Waals surface area contributed by atoms with Crippen molar-refractivity contribution in [2.45, 2.75) is 45.2 Å². The summed E-state index contributed by atoms with van der Waals surface area (Å²) in [6.45, 7) is 9.84. The molecule has 1 aliphatic heterocycles. The van der Waals surface area contributed by atoms with Crippen molar-refractivity contribution >= 4 is 17.3 Å². The Morgan fingerprint density at radius 3 is 2.67 bits per heavy atom. The van der Waals surface area contributed by atoms with Crippen LogP contribution in [0, 0.1) is 0 Å². The lowest BCUT2D eigenvalue weighted by atomic mass is 9.97. The molecule has 0 amide bonds. The summed E-state index contributed by atoms with van der Waals surface area (Å²) in [6, 6.07) is 6.42. The first kappa shape index (κ1) is 16.6. The molecule has 21 heavy (non-hydrogen) atoms. The highest BCUT2D eigenvalue weighted by molar-refractivity contribution is 6.30. The SMILES string of the molecule is CCC(N)Cc1ccc(Cl)cc1N1CCN(C)C(C)(C)C1. The Morgan fingerprint density at radius 1 is 1.33 bits per heavy atom. The summed E-state index contributed by atoms with van der Waals surface area (Å²) in [6.07, 6.45) is 1.91. The van der Waals surface area contributed by atoms with Gasteiger partial charge in [0, 0.05) is 41.9 Å². The second-order valence-corrected chi connectivity index (χ2v) is 7.24. The summed E-state index contributed by atoms with van der Waals surface area (Å²) in [5.41, 5.74) is 8.90. The lowest BCUT2D eigenvalue weighted by Gasteiger charge is -2.46. The molecule has 0 bridgehead atoms. The maximum atomic E-state index is 6.24. The molecule has 0 aromatic heterocycles. The molecule has 1 fully saturated rings. The molecule has 0 spiro atoms. The molecule has 1 heterocycles. The van der Waals surface area contributed by atoms with Gasteiger partial charge in [0.25, 0.3) is 0 Å². The van der Waals surface area contributed by atoms with E-state index in [1.54, 1.807) is 0 Å². The third kappa shape index (κ3) is 3.91. The Kier molecular flexibility index (Phi) is 5.18. The molecule has 118 valence electrons. The molecule has 0 aliphatic carbocycles. The van der Waals surface area contributed by atoms with E-state index in [1.807, 2.05) is 6.07 Å². The standard InChI is InChI=1S/C17H28ClN3/c1-5-15(19)10-13-6-7-14(18)11-16(13)21-9-8-20(4)17(2,3)12-21/h6-7,11,15H,5,8-10,12,19H2,1-4H3. The predicted octanol–water partition coefficient (Wildman–Crippen LogP) is 3.15. The van der Waals surface area contributed by atoms with Gasteiger partial charge in [0.1, 0.15) is 0 Å². The summed E-state index contributed by atoms with van der Waals surface area (Å²) < 4.78 is 0. The Labute approximate surface area is 134 Å². The van der Waals surface area contributed by atoms with Gasteiger partial charge in [-0.2, -0.15) is 0 Å².